The molecular formula is C19H19NO5. The number of carbonyl (C=O) groups excluding carboxylic acids is 1. The fraction of sp³-hybridized carbons (Fsp3) is 0.263. The highest BCUT2D eigenvalue weighted by Gasteiger charge is 2.24. The average molecular weight is 341 g/mol. The topological polar surface area (TPSA) is 76.1 Å². The summed E-state index contributed by atoms with van der Waals surface area (Å²) in [6.07, 6.45) is -0.234. The summed E-state index contributed by atoms with van der Waals surface area (Å²) in [4.78, 5) is 25.2. The Morgan fingerprint density at radius 2 is 1.80 bits per heavy atom. The Balaban J connectivity index is 1.61. The minimum absolute atomic E-state index is 0.0309. The highest BCUT2D eigenvalue weighted by molar-refractivity contribution is 5.91. The Labute approximate surface area is 145 Å². The number of hydrogen-bond acceptors (Lipinski definition) is 4. The van der Waals surface area contributed by atoms with Crippen molar-refractivity contribution in [3.8, 4) is 11.5 Å². The molecule has 25 heavy (non-hydrogen) atoms. The lowest BCUT2D eigenvalue weighted by Crippen LogP contribution is -2.42. The van der Waals surface area contributed by atoms with Crippen molar-refractivity contribution in [2.24, 2.45) is 0 Å². The van der Waals surface area contributed by atoms with E-state index < -0.39 is 5.97 Å². The Kier molecular flexibility index (Phi) is 4.88. The van der Waals surface area contributed by atoms with Crippen molar-refractivity contribution < 1.29 is 24.2 Å². The van der Waals surface area contributed by atoms with E-state index in [2.05, 4.69) is 0 Å². The quantitative estimate of drug-likeness (QED) is 0.902. The fourth-order valence-electron chi connectivity index (χ4n) is 2.74. The highest BCUT2D eigenvalue weighted by Crippen LogP contribution is 2.30. The first kappa shape index (κ1) is 16.8. The van der Waals surface area contributed by atoms with Gasteiger partial charge in [0.15, 0.2) is 17.6 Å². The standard InChI is InChI=1S/C19H19NO5/c1-20(11-14-12-24-16-8-4-5-9-17(16)25-14)18(21)10-13-6-2-3-7-15(13)19(22)23/h2-9,14H,10-12H2,1H3,(H,22,23). The number of carboxylic acids is 1. The first-order valence-corrected chi connectivity index (χ1v) is 7.98. The molecule has 1 N–H and O–H groups in total. The highest BCUT2D eigenvalue weighted by atomic mass is 16.6. The van der Waals surface area contributed by atoms with E-state index in [1.165, 1.54) is 6.07 Å². The molecule has 0 radical (unpaired) electrons. The van der Waals surface area contributed by atoms with Gasteiger partial charge in [0.2, 0.25) is 5.91 Å². The van der Waals surface area contributed by atoms with Gasteiger partial charge in [-0.25, -0.2) is 4.79 Å². The Morgan fingerprint density at radius 1 is 1.12 bits per heavy atom. The summed E-state index contributed by atoms with van der Waals surface area (Å²) in [7, 11) is 1.68. The van der Waals surface area contributed by atoms with Crippen LogP contribution in [0.3, 0.4) is 0 Å². The van der Waals surface area contributed by atoms with Crippen LogP contribution in [0.15, 0.2) is 48.5 Å². The van der Waals surface area contributed by atoms with Crippen molar-refractivity contribution in [3.63, 3.8) is 0 Å². The molecule has 0 aromatic heterocycles. The second-order valence-electron chi connectivity index (χ2n) is 5.91. The van der Waals surface area contributed by atoms with Crippen molar-refractivity contribution in [1.29, 1.82) is 0 Å². The SMILES string of the molecule is CN(CC1COc2ccccc2O1)C(=O)Cc1ccccc1C(=O)O. The van der Waals surface area contributed by atoms with Crippen molar-refractivity contribution in [2.45, 2.75) is 12.5 Å². The molecule has 2 aromatic carbocycles. The maximum Gasteiger partial charge on any atom is 0.335 e. The zero-order valence-electron chi connectivity index (χ0n) is 13.8. The van der Waals surface area contributed by atoms with Crippen LogP contribution >= 0.6 is 0 Å². The summed E-state index contributed by atoms with van der Waals surface area (Å²) in [6.45, 7) is 0.725. The van der Waals surface area contributed by atoms with Gasteiger partial charge in [-0.1, -0.05) is 30.3 Å². The number of carboxylic acid groups (broad SMARTS) is 1. The smallest absolute Gasteiger partial charge is 0.335 e. The summed E-state index contributed by atoms with van der Waals surface area (Å²) in [5, 5.41) is 9.21. The molecule has 0 aliphatic carbocycles. The number of aromatic carboxylic acids is 1. The van der Waals surface area contributed by atoms with E-state index in [1.807, 2.05) is 24.3 Å². The second kappa shape index (κ2) is 7.25. The van der Waals surface area contributed by atoms with Gasteiger partial charge in [-0.2, -0.15) is 0 Å². The van der Waals surface area contributed by atoms with E-state index in [4.69, 9.17) is 9.47 Å². The van der Waals surface area contributed by atoms with E-state index >= 15 is 0 Å². The Morgan fingerprint density at radius 3 is 2.56 bits per heavy atom. The molecule has 1 aliphatic heterocycles. The number of likely N-dealkylation sites (N-methyl/N-ethyl adjacent to an activating group) is 1. The van der Waals surface area contributed by atoms with Crippen LogP contribution in [0.2, 0.25) is 0 Å². The molecule has 0 saturated carbocycles. The van der Waals surface area contributed by atoms with Crippen molar-refractivity contribution >= 4 is 11.9 Å². The first-order valence-electron chi connectivity index (χ1n) is 7.98. The monoisotopic (exact) mass is 341 g/mol. The number of ether oxygens (including phenoxy) is 2. The van der Waals surface area contributed by atoms with Gasteiger partial charge in [0, 0.05) is 7.05 Å². The lowest BCUT2D eigenvalue weighted by atomic mass is 10.0. The van der Waals surface area contributed by atoms with E-state index in [1.54, 1.807) is 30.1 Å². The number of benzene rings is 2. The number of fused-ring (bicyclic) bond motifs is 1. The molecule has 0 bridgehead atoms. The van der Waals surface area contributed by atoms with E-state index in [0.717, 1.165) is 0 Å². The third-order valence-corrected chi connectivity index (χ3v) is 4.06. The van der Waals surface area contributed by atoms with Gasteiger partial charge >= 0.3 is 5.97 Å². The molecular weight excluding hydrogens is 322 g/mol. The molecule has 1 unspecified atom stereocenters. The van der Waals surface area contributed by atoms with Crippen LogP contribution in [0, 0.1) is 0 Å². The molecule has 0 saturated heterocycles. The fourth-order valence-corrected chi connectivity index (χ4v) is 2.74. The second-order valence-corrected chi connectivity index (χ2v) is 5.91. The predicted octanol–water partition coefficient (Wildman–Crippen LogP) is 2.23. The van der Waals surface area contributed by atoms with Crippen LogP contribution in [0.1, 0.15) is 15.9 Å². The number of rotatable bonds is 5. The van der Waals surface area contributed by atoms with Crippen LogP contribution < -0.4 is 9.47 Å². The maximum atomic E-state index is 12.4. The molecule has 3 rings (SSSR count). The molecule has 1 aliphatic rings. The molecule has 1 heterocycles. The summed E-state index contributed by atoms with van der Waals surface area (Å²) >= 11 is 0. The van der Waals surface area contributed by atoms with Crippen LogP contribution in [0.4, 0.5) is 0 Å². The Bertz CT molecular complexity index is 789. The van der Waals surface area contributed by atoms with Crippen LogP contribution in [-0.2, 0) is 11.2 Å². The molecule has 6 nitrogen and oxygen atoms in total. The number of carbonyl (C=O) groups is 2. The van der Waals surface area contributed by atoms with Gasteiger partial charge in [-0.3, -0.25) is 4.79 Å². The molecule has 6 heteroatoms. The normalized spacial score (nSPS) is 15.5. The zero-order chi connectivity index (χ0) is 17.8. The minimum atomic E-state index is -1.04. The van der Waals surface area contributed by atoms with Crippen molar-refractivity contribution in [3.05, 3.63) is 59.7 Å². The van der Waals surface area contributed by atoms with Crippen LogP contribution in [0.5, 0.6) is 11.5 Å². The van der Waals surface area contributed by atoms with E-state index in [0.29, 0.717) is 30.2 Å². The first-order chi connectivity index (χ1) is 12.0. The molecule has 1 amide bonds. The van der Waals surface area contributed by atoms with Gasteiger partial charge in [-0.15, -0.1) is 0 Å². The molecule has 130 valence electrons. The van der Waals surface area contributed by atoms with Gasteiger partial charge in [-0.05, 0) is 23.8 Å². The molecule has 0 spiro atoms. The van der Waals surface area contributed by atoms with Gasteiger partial charge < -0.3 is 19.5 Å². The predicted molar refractivity (Wildman–Crippen MR) is 91.1 cm³/mol. The third kappa shape index (κ3) is 3.91. The summed E-state index contributed by atoms with van der Waals surface area (Å²) in [5.41, 5.74) is 0.647. The number of amides is 1. The van der Waals surface area contributed by atoms with Crippen molar-refractivity contribution in [2.75, 3.05) is 20.2 Å². The number of para-hydroxylation sites is 2. The maximum absolute atomic E-state index is 12.4. The lowest BCUT2D eigenvalue weighted by molar-refractivity contribution is -0.130. The number of nitrogens with zero attached hydrogens (tertiary/aromatic N) is 1. The van der Waals surface area contributed by atoms with Crippen molar-refractivity contribution in [1.82, 2.24) is 4.90 Å². The van der Waals surface area contributed by atoms with Gasteiger partial charge in [0.1, 0.15) is 6.61 Å². The zero-order valence-corrected chi connectivity index (χ0v) is 13.8. The molecule has 0 fully saturated rings. The van der Waals surface area contributed by atoms with Crippen LogP contribution in [0.25, 0.3) is 0 Å². The average Bonchev–Trinajstić information content (AvgIpc) is 2.61. The Hall–Kier alpha value is -3.02. The lowest BCUT2D eigenvalue weighted by Gasteiger charge is -2.29. The van der Waals surface area contributed by atoms with E-state index in [-0.39, 0.29) is 24.0 Å². The van der Waals surface area contributed by atoms with Gasteiger partial charge in [0.25, 0.3) is 0 Å². The van der Waals surface area contributed by atoms with E-state index in [9.17, 15) is 14.7 Å². The number of hydrogen-bond donors (Lipinski definition) is 1. The summed E-state index contributed by atoms with van der Waals surface area (Å²) < 4.78 is 11.5. The summed E-state index contributed by atoms with van der Waals surface area (Å²) in [5.74, 6) is 0.154. The van der Waals surface area contributed by atoms with Gasteiger partial charge in [0.05, 0.1) is 18.5 Å². The largest absolute Gasteiger partial charge is 0.486 e. The minimum Gasteiger partial charge on any atom is -0.486 e. The molecule has 2 aromatic rings. The summed E-state index contributed by atoms with van der Waals surface area (Å²) in [6, 6.07) is 13.9. The third-order valence-electron chi connectivity index (χ3n) is 4.06. The molecule has 1 atom stereocenters. The van der Waals surface area contributed by atoms with Crippen LogP contribution in [-0.4, -0.2) is 48.2 Å².